The van der Waals surface area contributed by atoms with E-state index in [1.807, 2.05) is 49.4 Å². The Kier molecular flexibility index (Phi) is 11.3. The Morgan fingerprint density at radius 1 is 0.935 bits per heavy atom. The quantitative estimate of drug-likeness (QED) is 0.151. The van der Waals surface area contributed by atoms with E-state index in [-0.39, 0.29) is 48.1 Å². The molecule has 14 nitrogen and oxygen atoms in total. The van der Waals surface area contributed by atoms with Crippen LogP contribution in [0.2, 0.25) is 0 Å². The summed E-state index contributed by atoms with van der Waals surface area (Å²) in [5.41, 5.74) is 11.4. The standard InChI is InChI=1S/C47H54FN9O5/c1-30-34-15-23-56(39(34)12-11-38(30)57-24-17-43(59)50-46(57)61)33-13-20-53(21-14-33)29-47(48)18-25-54(26-19-47)45(60)32-9-7-31(8-10-32)36-28-55(22-16-42(36)62-2)40-27-37(51-52-44(40)49)35-5-3-4-6-41(35)58/h3-12,15,23,27,33,36,42,58H,13-14,16-22,24-26,28-29H2,1-2H3,(H2,49,52)(H,50,59,61)/t36-,42-/m0/s1. The van der Waals surface area contributed by atoms with Crippen molar-refractivity contribution >= 4 is 45.9 Å². The molecule has 4 saturated heterocycles. The van der Waals surface area contributed by atoms with E-state index in [0.717, 1.165) is 65.8 Å². The van der Waals surface area contributed by atoms with E-state index in [1.165, 1.54) is 0 Å². The minimum atomic E-state index is -1.36. The number of nitrogen functional groups attached to an aromatic ring is 1. The number of anilines is 3. The molecule has 0 unspecified atom stereocenters. The van der Waals surface area contributed by atoms with E-state index >= 15 is 4.39 Å². The van der Waals surface area contributed by atoms with E-state index in [4.69, 9.17) is 10.5 Å². The molecule has 0 aliphatic carbocycles. The van der Waals surface area contributed by atoms with Gasteiger partial charge in [0.25, 0.3) is 5.91 Å². The van der Waals surface area contributed by atoms with E-state index in [0.29, 0.717) is 74.7 Å². The molecule has 6 heterocycles. The fraction of sp³-hybridized carbons (Fsp3) is 0.426. The maximum atomic E-state index is 16.4. The number of aromatic nitrogens is 3. The molecule has 2 aromatic heterocycles. The van der Waals surface area contributed by atoms with Crippen LogP contribution in [0.15, 0.2) is 79.0 Å². The third-order valence-electron chi connectivity index (χ3n) is 13.7. The number of urea groups is 1. The van der Waals surface area contributed by atoms with Gasteiger partial charge in [0, 0.05) is 125 Å². The van der Waals surface area contributed by atoms with Crippen molar-refractivity contribution in [3.63, 3.8) is 0 Å². The number of para-hydroxylation sites is 1. The van der Waals surface area contributed by atoms with Crippen molar-refractivity contribution in [3.05, 3.63) is 95.7 Å². The number of aromatic hydroxyl groups is 1. The Labute approximate surface area is 360 Å². The van der Waals surface area contributed by atoms with Crippen LogP contribution in [0.5, 0.6) is 5.75 Å². The summed E-state index contributed by atoms with van der Waals surface area (Å²) in [7, 11) is 1.72. The number of hydrogen-bond donors (Lipinski definition) is 3. The van der Waals surface area contributed by atoms with Crippen LogP contribution in [0.3, 0.4) is 0 Å². The Hall–Kier alpha value is -6.06. The zero-order valence-corrected chi connectivity index (χ0v) is 35.3. The number of carbonyl (C=O) groups is 3. The summed E-state index contributed by atoms with van der Waals surface area (Å²) in [4.78, 5) is 45.8. The second kappa shape index (κ2) is 17.0. The van der Waals surface area contributed by atoms with Crippen LogP contribution in [-0.2, 0) is 9.53 Å². The van der Waals surface area contributed by atoms with Gasteiger partial charge in [-0.1, -0.05) is 24.3 Å². The number of phenolic OH excluding ortho intramolecular Hbond substituents is 1. The lowest BCUT2D eigenvalue weighted by molar-refractivity contribution is -0.120. The van der Waals surface area contributed by atoms with Gasteiger partial charge in [-0.05, 0) is 85.8 Å². The van der Waals surface area contributed by atoms with Gasteiger partial charge in [0.2, 0.25) is 5.91 Å². The maximum Gasteiger partial charge on any atom is 0.328 e. The van der Waals surface area contributed by atoms with Crippen LogP contribution < -0.4 is 20.9 Å². The number of aryl methyl sites for hydroxylation is 1. The van der Waals surface area contributed by atoms with Gasteiger partial charge in [-0.25, -0.2) is 9.18 Å². The van der Waals surface area contributed by atoms with Crippen LogP contribution in [-0.4, -0.2) is 119 Å². The Balaban J connectivity index is 0.784. The number of amides is 4. The minimum absolute atomic E-state index is 0.00322. The van der Waals surface area contributed by atoms with Gasteiger partial charge in [-0.15, -0.1) is 10.2 Å². The highest BCUT2D eigenvalue weighted by Gasteiger charge is 2.39. The number of methoxy groups -OCH3 is 1. The highest BCUT2D eigenvalue weighted by atomic mass is 19.1. The number of halogens is 1. The third kappa shape index (κ3) is 8.06. The van der Waals surface area contributed by atoms with Gasteiger partial charge >= 0.3 is 6.03 Å². The molecule has 0 radical (unpaired) electrons. The number of likely N-dealkylation sites (tertiary alicyclic amines) is 2. The molecular weight excluding hydrogens is 790 g/mol. The third-order valence-corrected chi connectivity index (χ3v) is 13.7. The van der Waals surface area contributed by atoms with Gasteiger partial charge in [0.15, 0.2) is 5.82 Å². The number of nitrogens with zero attached hydrogens (tertiary/aromatic N) is 7. The van der Waals surface area contributed by atoms with Crippen LogP contribution in [0, 0.1) is 6.92 Å². The number of imide groups is 1. The lowest BCUT2D eigenvalue weighted by atomic mass is 9.87. The lowest BCUT2D eigenvalue weighted by Crippen LogP contribution is -2.51. The van der Waals surface area contributed by atoms with Crippen molar-refractivity contribution in [3.8, 4) is 17.0 Å². The van der Waals surface area contributed by atoms with E-state index in [2.05, 4.69) is 48.2 Å². The second-order valence-electron chi connectivity index (χ2n) is 17.3. The number of benzene rings is 3. The van der Waals surface area contributed by atoms with Gasteiger partial charge in [-0.2, -0.15) is 0 Å². The predicted octanol–water partition coefficient (Wildman–Crippen LogP) is 6.43. The number of alkyl halides is 1. The molecule has 4 aliphatic heterocycles. The Bertz CT molecular complexity index is 2480. The molecule has 0 bridgehead atoms. The summed E-state index contributed by atoms with van der Waals surface area (Å²) in [5.74, 6) is 0.0885. The molecule has 0 spiro atoms. The van der Waals surface area contributed by atoms with Crippen LogP contribution in [0.4, 0.5) is 26.4 Å². The fourth-order valence-electron chi connectivity index (χ4n) is 10.1. The zero-order chi connectivity index (χ0) is 43.1. The summed E-state index contributed by atoms with van der Waals surface area (Å²) < 4.78 is 24.7. The molecule has 4 aliphatic rings. The fourth-order valence-corrected chi connectivity index (χ4v) is 10.1. The van der Waals surface area contributed by atoms with Crippen molar-refractivity contribution in [2.24, 2.45) is 0 Å². The molecular formula is C47H54FN9O5. The Morgan fingerprint density at radius 3 is 2.42 bits per heavy atom. The number of nitrogens with two attached hydrogens (primary N) is 1. The molecule has 4 fully saturated rings. The SMILES string of the molecule is CO[C@H]1CCN(c2cc(-c3ccccc3O)nnc2N)C[C@H]1c1ccc(C(=O)N2CCC(F)(CN3CCC(n4ccc5c(C)c(N6CCC(=O)NC6=O)ccc54)CC3)CC2)cc1. The first-order valence-electron chi connectivity index (χ1n) is 21.7. The second-order valence-corrected chi connectivity index (χ2v) is 17.3. The first-order valence-corrected chi connectivity index (χ1v) is 21.7. The first-order chi connectivity index (χ1) is 30.0. The molecule has 5 aromatic rings. The summed E-state index contributed by atoms with van der Waals surface area (Å²) in [6.45, 7) is 6.37. The number of rotatable bonds is 9. The number of ether oxygens (including phenoxy) is 1. The predicted molar refractivity (Wildman–Crippen MR) is 236 cm³/mol. The number of fused-ring (bicyclic) bond motifs is 1. The van der Waals surface area contributed by atoms with Gasteiger partial charge in [-0.3, -0.25) is 19.8 Å². The van der Waals surface area contributed by atoms with Crippen LogP contribution >= 0.6 is 0 Å². The van der Waals surface area contributed by atoms with Gasteiger partial charge < -0.3 is 34.8 Å². The van der Waals surface area contributed by atoms with Crippen molar-refractivity contribution in [1.29, 1.82) is 0 Å². The van der Waals surface area contributed by atoms with Crippen LogP contribution in [0.25, 0.3) is 22.2 Å². The summed E-state index contributed by atoms with van der Waals surface area (Å²) in [5, 5.41) is 22.4. The Morgan fingerprint density at radius 2 is 1.69 bits per heavy atom. The number of phenols is 1. The molecule has 4 amide bonds. The minimum Gasteiger partial charge on any atom is -0.507 e. The number of carbonyl (C=O) groups excluding carboxylic acids is 3. The maximum absolute atomic E-state index is 16.4. The topological polar surface area (TPSA) is 162 Å². The number of hydrogen-bond acceptors (Lipinski definition) is 10. The monoisotopic (exact) mass is 843 g/mol. The summed E-state index contributed by atoms with van der Waals surface area (Å²) >= 11 is 0. The average Bonchev–Trinajstić information content (AvgIpc) is 3.72. The molecule has 324 valence electrons. The van der Waals surface area contributed by atoms with E-state index in [9.17, 15) is 19.5 Å². The first kappa shape index (κ1) is 41.3. The van der Waals surface area contributed by atoms with Gasteiger partial charge in [0.1, 0.15) is 11.4 Å². The van der Waals surface area contributed by atoms with E-state index in [1.54, 1.807) is 35.1 Å². The molecule has 9 rings (SSSR count). The van der Waals surface area contributed by atoms with Crippen molar-refractivity contribution in [2.75, 3.05) is 75.0 Å². The van der Waals surface area contributed by atoms with Crippen molar-refractivity contribution in [2.45, 2.75) is 69.2 Å². The normalized spacial score (nSPS) is 21.4. The number of piperidine rings is 3. The van der Waals surface area contributed by atoms with Crippen molar-refractivity contribution < 1.29 is 28.6 Å². The zero-order valence-electron chi connectivity index (χ0n) is 35.3. The van der Waals surface area contributed by atoms with Gasteiger partial charge in [0.05, 0.1) is 17.5 Å². The molecule has 2 atom stereocenters. The van der Waals surface area contributed by atoms with E-state index < -0.39 is 5.67 Å². The average molecular weight is 844 g/mol. The summed E-state index contributed by atoms with van der Waals surface area (Å²) in [6, 6.07) is 22.6. The molecule has 0 saturated carbocycles. The van der Waals surface area contributed by atoms with Crippen LogP contribution in [0.1, 0.15) is 72.0 Å². The lowest BCUT2D eigenvalue weighted by Gasteiger charge is -2.41. The molecule has 62 heavy (non-hydrogen) atoms. The molecule has 4 N–H and O–H groups in total. The van der Waals surface area contributed by atoms with Crippen molar-refractivity contribution in [1.82, 2.24) is 29.9 Å². The largest absolute Gasteiger partial charge is 0.507 e. The summed E-state index contributed by atoms with van der Waals surface area (Å²) in [6.07, 6.45) is 5.52. The highest BCUT2D eigenvalue weighted by Crippen LogP contribution is 2.38. The molecule has 3 aromatic carbocycles. The number of nitrogens with one attached hydrogen (secondary N) is 1. The molecule has 15 heteroatoms. The smallest absolute Gasteiger partial charge is 0.328 e. The highest BCUT2D eigenvalue weighted by molar-refractivity contribution is 6.07.